The van der Waals surface area contributed by atoms with E-state index in [1.165, 1.54) is 6.07 Å². The zero-order valence-electron chi connectivity index (χ0n) is 12.3. The summed E-state index contributed by atoms with van der Waals surface area (Å²) in [6.07, 6.45) is -1.65. The Morgan fingerprint density at radius 1 is 1.27 bits per heavy atom. The van der Waals surface area contributed by atoms with Gasteiger partial charge in [0.1, 0.15) is 5.92 Å². The zero-order valence-corrected chi connectivity index (χ0v) is 12.3. The van der Waals surface area contributed by atoms with Gasteiger partial charge < -0.3 is 19.8 Å². The molecule has 1 aromatic rings. The van der Waals surface area contributed by atoms with Crippen molar-refractivity contribution >= 4 is 23.3 Å². The Labute approximate surface area is 127 Å². The number of hydrogen-bond donors (Lipinski definition) is 1. The molecule has 2 unspecified atom stereocenters. The third kappa shape index (κ3) is 2.67. The lowest BCUT2D eigenvalue weighted by molar-refractivity contribution is -0.358. The first-order valence-corrected chi connectivity index (χ1v) is 6.97. The molecular weight excluding hydrogens is 290 g/mol. The minimum atomic E-state index is -1.65. The van der Waals surface area contributed by atoms with E-state index in [0.29, 0.717) is 10.3 Å². The second kappa shape index (κ2) is 6.57. The molecule has 1 heterocycles. The van der Waals surface area contributed by atoms with E-state index in [1.54, 1.807) is 32.0 Å². The van der Waals surface area contributed by atoms with Crippen molar-refractivity contribution in [2.24, 2.45) is 0 Å². The van der Waals surface area contributed by atoms with Gasteiger partial charge >= 0.3 is 11.9 Å². The number of para-hydroxylation sites is 1. The fourth-order valence-corrected chi connectivity index (χ4v) is 2.44. The van der Waals surface area contributed by atoms with Crippen molar-refractivity contribution in [2.45, 2.75) is 25.9 Å². The molecule has 7 nitrogen and oxygen atoms in total. The largest absolute Gasteiger partial charge is 0.618 e. The van der Waals surface area contributed by atoms with Gasteiger partial charge in [0.05, 0.1) is 13.2 Å². The van der Waals surface area contributed by atoms with Gasteiger partial charge in [0.2, 0.25) is 5.69 Å². The first-order chi connectivity index (χ1) is 10.5. The maximum atomic E-state index is 12.3. The average molecular weight is 307 g/mol. The third-order valence-electron chi connectivity index (χ3n) is 3.33. The summed E-state index contributed by atoms with van der Waals surface area (Å²) in [6, 6.07) is 6.39. The molecule has 0 spiro atoms. The SMILES string of the molecule is CCOC(=O)C1=[N+]([O-])c2ccccc2C1C(O)C(=O)OCC. The summed E-state index contributed by atoms with van der Waals surface area (Å²) in [5, 5.41) is 22.6. The molecule has 7 heteroatoms. The van der Waals surface area contributed by atoms with Gasteiger partial charge in [-0.3, -0.25) is 0 Å². The summed E-state index contributed by atoms with van der Waals surface area (Å²) in [5.41, 5.74) is 0.281. The highest BCUT2D eigenvalue weighted by Crippen LogP contribution is 2.37. The van der Waals surface area contributed by atoms with Crippen LogP contribution < -0.4 is 0 Å². The van der Waals surface area contributed by atoms with E-state index in [-0.39, 0.29) is 24.6 Å². The van der Waals surface area contributed by atoms with E-state index >= 15 is 0 Å². The predicted octanol–water partition coefficient (Wildman–Crippen LogP) is 0.854. The summed E-state index contributed by atoms with van der Waals surface area (Å²) in [7, 11) is 0. The number of esters is 2. The molecule has 1 aromatic carbocycles. The molecule has 0 amide bonds. The van der Waals surface area contributed by atoms with Crippen LogP contribution in [0.25, 0.3) is 0 Å². The van der Waals surface area contributed by atoms with Gasteiger partial charge in [-0.25, -0.2) is 9.59 Å². The number of aliphatic hydroxyl groups excluding tert-OH is 1. The lowest BCUT2D eigenvalue weighted by Crippen LogP contribution is -2.38. The Bertz CT molecular complexity index is 624. The predicted molar refractivity (Wildman–Crippen MR) is 76.8 cm³/mol. The van der Waals surface area contributed by atoms with E-state index < -0.39 is 24.0 Å². The van der Waals surface area contributed by atoms with Crippen molar-refractivity contribution in [3.05, 3.63) is 35.0 Å². The molecule has 0 bridgehead atoms. The van der Waals surface area contributed by atoms with Crippen molar-refractivity contribution < 1.29 is 28.9 Å². The number of benzene rings is 1. The number of ether oxygens (including phenoxy) is 2. The van der Waals surface area contributed by atoms with Gasteiger partial charge in [-0.05, 0) is 13.8 Å². The molecule has 2 rings (SSSR count). The summed E-state index contributed by atoms with van der Waals surface area (Å²) >= 11 is 0. The van der Waals surface area contributed by atoms with Crippen LogP contribution in [-0.4, -0.2) is 46.8 Å². The van der Waals surface area contributed by atoms with Crippen LogP contribution in [0, 0.1) is 5.21 Å². The second-order valence-electron chi connectivity index (χ2n) is 4.63. The minimum Gasteiger partial charge on any atom is -0.618 e. The molecule has 1 aliphatic heterocycles. The average Bonchev–Trinajstić information content (AvgIpc) is 2.80. The number of hydrogen-bond acceptors (Lipinski definition) is 6. The minimum absolute atomic E-state index is 0.0781. The maximum Gasteiger partial charge on any atom is 0.401 e. The summed E-state index contributed by atoms with van der Waals surface area (Å²) in [6.45, 7) is 3.37. The number of fused-ring (bicyclic) bond motifs is 1. The van der Waals surface area contributed by atoms with Crippen LogP contribution in [0.5, 0.6) is 0 Å². The molecule has 1 aliphatic rings. The molecule has 0 fully saturated rings. The molecule has 0 radical (unpaired) electrons. The van der Waals surface area contributed by atoms with E-state index in [2.05, 4.69) is 0 Å². The first-order valence-electron chi connectivity index (χ1n) is 6.97. The van der Waals surface area contributed by atoms with Crippen molar-refractivity contribution in [3.8, 4) is 0 Å². The van der Waals surface area contributed by atoms with Crippen LogP contribution >= 0.6 is 0 Å². The van der Waals surface area contributed by atoms with E-state index in [4.69, 9.17) is 9.47 Å². The van der Waals surface area contributed by atoms with Crippen LogP contribution in [0.1, 0.15) is 25.3 Å². The van der Waals surface area contributed by atoms with Gasteiger partial charge in [0, 0.05) is 11.6 Å². The van der Waals surface area contributed by atoms with Crippen molar-refractivity contribution in [2.75, 3.05) is 13.2 Å². The van der Waals surface area contributed by atoms with Crippen LogP contribution in [0.3, 0.4) is 0 Å². The molecule has 0 aromatic heterocycles. The second-order valence-corrected chi connectivity index (χ2v) is 4.63. The molecule has 118 valence electrons. The number of aliphatic hydroxyl groups is 1. The van der Waals surface area contributed by atoms with Crippen LogP contribution in [0.15, 0.2) is 24.3 Å². The number of carbonyl (C=O) groups excluding carboxylic acids is 2. The summed E-state index contributed by atoms with van der Waals surface area (Å²) < 4.78 is 10.0. The maximum absolute atomic E-state index is 12.3. The summed E-state index contributed by atoms with van der Waals surface area (Å²) in [5.74, 6) is -2.85. The Balaban J connectivity index is 2.47. The highest BCUT2D eigenvalue weighted by atomic mass is 16.6. The smallest absolute Gasteiger partial charge is 0.401 e. The highest BCUT2D eigenvalue weighted by molar-refractivity contribution is 6.38. The number of nitrogens with zero attached hydrogens (tertiary/aromatic N) is 1. The van der Waals surface area contributed by atoms with E-state index in [0.717, 1.165) is 0 Å². The molecule has 22 heavy (non-hydrogen) atoms. The van der Waals surface area contributed by atoms with Crippen LogP contribution in [0.4, 0.5) is 5.69 Å². The standard InChI is InChI=1S/C15H17NO6/c1-3-21-14(18)12-11(13(17)15(19)22-4-2)9-7-5-6-8-10(9)16(12)20/h5-8,11,13,17H,3-4H2,1-2H3. The highest BCUT2D eigenvalue weighted by Gasteiger charge is 2.49. The van der Waals surface area contributed by atoms with Crippen molar-refractivity contribution in [3.63, 3.8) is 0 Å². The fraction of sp³-hybridized carbons (Fsp3) is 0.400. The Hall–Kier alpha value is -2.41. The van der Waals surface area contributed by atoms with Gasteiger partial charge in [-0.2, -0.15) is 4.74 Å². The van der Waals surface area contributed by atoms with E-state index in [9.17, 15) is 19.9 Å². The molecular formula is C15H17NO6. The van der Waals surface area contributed by atoms with Gasteiger partial charge in [0.25, 0.3) is 5.71 Å². The summed E-state index contributed by atoms with van der Waals surface area (Å²) in [4.78, 5) is 23.9. The molecule has 1 N–H and O–H groups in total. The topological polar surface area (TPSA) is 98.9 Å². The third-order valence-corrected chi connectivity index (χ3v) is 3.33. The molecule has 0 aliphatic carbocycles. The van der Waals surface area contributed by atoms with Crippen molar-refractivity contribution in [1.29, 1.82) is 0 Å². The lowest BCUT2D eigenvalue weighted by atomic mass is 9.90. The zero-order chi connectivity index (χ0) is 16.3. The van der Waals surface area contributed by atoms with Gasteiger partial charge in [-0.1, -0.05) is 18.2 Å². The molecule has 2 atom stereocenters. The van der Waals surface area contributed by atoms with Crippen LogP contribution in [0.2, 0.25) is 0 Å². The Kier molecular flexibility index (Phi) is 4.77. The monoisotopic (exact) mass is 307 g/mol. The van der Waals surface area contributed by atoms with Crippen molar-refractivity contribution in [1.82, 2.24) is 0 Å². The normalized spacial score (nSPS) is 17.9. The first kappa shape index (κ1) is 16.0. The van der Waals surface area contributed by atoms with Gasteiger partial charge in [-0.15, -0.1) is 0 Å². The number of carbonyl (C=O) groups is 2. The van der Waals surface area contributed by atoms with E-state index in [1.807, 2.05) is 0 Å². The quantitative estimate of drug-likeness (QED) is 0.492. The fourth-order valence-electron chi connectivity index (χ4n) is 2.44. The number of rotatable bonds is 5. The van der Waals surface area contributed by atoms with Gasteiger partial charge in [0.15, 0.2) is 6.10 Å². The Morgan fingerprint density at radius 3 is 2.55 bits per heavy atom. The molecule has 0 saturated carbocycles. The molecule has 0 saturated heterocycles. The lowest BCUT2D eigenvalue weighted by Gasteiger charge is -2.15. The van der Waals surface area contributed by atoms with Crippen LogP contribution in [-0.2, 0) is 19.1 Å². The Morgan fingerprint density at radius 2 is 1.91 bits per heavy atom.